The highest BCUT2D eigenvalue weighted by atomic mass is 19.2. The predicted octanol–water partition coefficient (Wildman–Crippen LogP) is 7.07. The zero-order valence-corrected chi connectivity index (χ0v) is 18.5. The second kappa shape index (κ2) is 10.2. The normalized spacial score (nSPS) is 18.6. The van der Waals surface area contributed by atoms with Crippen molar-refractivity contribution in [3.05, 3.63) is 89.8 Å². The van der Waals surface area contributed by atoms with Gasteiger partial charge in [-0.3, -0.25) is 0 Å². The zero-order chi connectivity index (χ0) is 23.4. The van der Waals surface area contributed by atoms with E-state index in [9.17, 15) is 13.2 Å². The Labute approximate surface area is 191 Å². The molecule has 0 bridgehead atoms. The molecule has 3 aromatic rings. The summed E-state index contributed by atoms with van der Waals surface area (Å²) in [6.07, 6.45) is 3.38. The SMILES string of the molecule is CC=CC1COC(c2ccc(-c3ccc(-c4ccc(OCC)c(F)c4F)cc3)c(F)c2)OC1. The van der Waals surface area contributed by atoms with Crippen LogP contribution in [0.3, 0.4) is 0 Å². The van der Waals surface area contributed by atoms with E-state index in [4.69, 9.17) is 14.2 Å². The fourth-order valence-electron chi connectivity index (χ4n) is 3.86. The van der Waals surface area contributed by atoms with Crippen LogP contribution < -0.4 is 4.74 Å². The summed E-state index contributed by atoms with van der Waals surface area (Å²) < 4.78 is 60.2. The molecule has 0 N–H and O–H groups in total. The smallest absolute Gasteiger partial charge is 0.201 e. The molecule has 33 heavy (non-hydrogen) atoms. The summed E-state index contributed by atoms with van der Waals surface area (Å²) in [5, 5.41) is 0. The molecule has 0 amide bonds. The van der Waals surface area contributed by atoms with Crippen molar-refractivity contribution in [1.29, 1.82) is 0 Å². The van der Waals surface area contributed by atoms with Gasteiger partial charge in [0.2, 0.25) is 5.82 Å². The Morgan fingerprint density at radius 2 is 1.52 bits per heavy atom. The number of hydrogen-bond donors (Lipinski definition) is 0. The summed E-state index contributed by atoms with van der Waals surface area (Å²) in [5.41, 5.74) is 2.22. The largest absolute Gasteiger partial charge is 0.491 e. The lowest BCUT2D eigenvalue weighted by Gasteiger charge is -2.28. The summed E-state index contributed by atoms with van der Waals surface area (Å²) in [4.78, 5) is 0. The van der Waals surface area contributed by atoms with Crippen LogP contribution in [0.1, 0.15) is 25.7 Å². The molecule has 0 spiro atoms. The van der Waals surface area contributed by atoms with Crippen LogP contribution in [0.2, 0.25) is 0 Å². The lowest BCUT2D eigenvalue weighted by Crippen LogP contribution is -2.25. The lowest BCUT2D eigenvalue weighted by atomic mass is 9.98. The van der Waals surface area contributed by atoms with Gasteiger partial charge in [-0.25, -0.2) is 8.78 Å². The standard InChI is InChI=1S/C27H25F3O3/c1-3-5-17-15-32-27(33-16-17)20-10-11-21(23(28)14-20)18-6-8-19(9-7-18)22-12-13-24(31-4-2)26(30)25(22)29/h3,5-14,17,27H,4,15-16H2,1-2H3. The fraction of sp³-hybridized carbons (Fsp3) is 0.259. The summed E-state index contributed by atoms with van der Waals surface area (Å²) in [6, 6.07) is 14.3. The Morgan fingerprint density at radius 1 is 0.879 bits per heavy atom. The molecule has 1 heterocycles. The number of allylic oxidation sites excluding steroid dienone is 1. The van der Waals surface area contributed by atoms with Crippen LogP contribution in [-0.4, -0.2) is 19.8 Å². The maximum Gasteiger partial charge on any atom is 0.201 e. The molecule has 0 aliphatic carbocycles. The van der Waals surface area contributed by atoms with Gasteiger partial charge in [-0.2, -0.15) is 4.39 Å². The minimum atomic E-state index is -1.02. The number of benzene rings is 3. The maximum atomic E-state index is 14.9. The van der Waals surface area contributed by atoms with Crippen molar-refractivity contribution < 1.29 is 27.4 Å². The molecule has 1 saturated heterocycles. The van der Waals surface area contributed by atoms with Crippen LogP contribution in [0.4, 0.5) is 13.2 Å². The van der Waals surface area contributed by atoms with Crippen LogP contribution in [0.5, 0.6) is 5.75 Å². The van der Waals surface area contributed by atoms with Crippen molar-refractivity contribution in [3.63, 3.8) is 0 Å². The molecule has 6 heteroatoms. The summed E-state index contributed by atoms with van der Waals surface area (Å²) in [5.74, 6) is -2.35. The van der Waals surface area contributed by atoms with E-state index in [-0.39, 0.29) is 23.8 Å². The van der Waals surface area contributed by atoms with Crippen LogP contribution in [0, 0.1) is 23.4 Å². The van der Waals surface area contributed by atoms with E-state index in [1.54, 1.807) is 43.3 Å². The fourth-order valence-corrected chi connectivity index (χ4v) is 3.86. The first-order valence-electron chi connectivity index (χ1n) is 10.9. The van der Waals surface area contributed by atoms with Gasteiger partial charge in [0, 0.05) is 22.6 Å². The Hall–Kier alpha value is -3.09. The van der Waals surface area contributed by atoms with Gasteiger partial charge in [0.05, 0.1) is 19.8 Å². The Morgan fingerprint density at radius 3 is 2.12 bits per heavy atom. The summed E-state index contributed by atoms with van der Waals surface area (Å²) in [7, 11) is 0. The van der Waals surface area contributed by atoms with E-state index in [1.165, 1.54) is 18.2 Å². The molecule has 0 radical (unpaired) electrons. The molecule has 1 fully saturated rings. The third kappa shape index (κ3) is 4.97. The van der Waals surface area contributed by atoms with Gasteiger partial charge < -0.3 is 14.2 Å². The minimum absolute atomic E-state index is 0.112. The quantitative estimate of drug-likeness (QED) is 0.373. The van der Waals surface area contributed by atoms with Gasteiger partial charge in [-0.15, -0.1) is 0 Å². The molecule has 0 aromatic heterocycles. The molecule has 4 rings (SSSR count). The minimum Gasteiger partial charge on any atom is -0.491 e. The molecule has 3 aromatic carbocycles. The number of ether oxygens (including phenoxy) is 3. The second-order valence-corrected chi connectivity index (χ2v) is 7.77. The van der Waals surface area contributed by atoms with Crippen LogP contribution in [-0.2, 0) is 9.47 Å². The van der Waals surface area contributed by atoms with Crippen molar-refractivity contribution in [3.8, 4) is 28.0 Å². The topological polar surface area (TPSA) is 27.7 Å². The molecule has 172 valence electrons. The van der Waals surface area contributed by atoms with Gasteiger partial charge in [0.1, 0.15) is 5.82 Å². The molecular weight excluding hydrogens is 429 g/mol. The summed E-state index contributed by atoms with van der Waals surface area (Å²) in [6.45, 7) is 4.92. The lowest BCUT2D eigenvalue weighted by molar-refractivity contribution is -0.197. The molecular formula is C27H25F3O3. The van der Waals surface area contributed by atoms with Crippen LogP contribution in [0.15, 0.2) is 66.7 Å². The van der Waals surface area contributed by atoms with Crippen molar-refractivity contribution in [2.24, 2.45) is 5.92 Å². The predicted molar refractivity (Wildman–Crippen MR) is 121 cm³/mol. The Balaban J connectivity index is 1.52. The first-order chi connectivity index (χ1) is 16.0. The van der Waals surface area contributed by atoms with Crippen LogP contribution >= 0.6 is 0 Å². The van der Waals surface area contributed by atoms with E-state index in [0.29, 0.717) is 35.5 Å². The maximum absolute atomic E-state index is 14.9. The number of rotatable bonds is 6. The molecule has 0 saturated carbocycles. The molecule has 3 nitrogen and oxygen atoms in total. The van der Waals surface area contributed by atoms with Crippen molar-refractivity contribution in [2.45, 2.75) is 20.1 Å². The van der Waals surface area contributed by atoms with Crippen LogP contribution in [0.25, 0.3) is 22.3 Å². The van der Waals surface area contributed by atoms with E-state index in [1.807, 2.05) is 19.1 Å². The average Bonchev–Trinajstić information content (AvgIpc) is 2.83. The second-order valence-electron chi connectivity index (χ2n) is 7.77. The first kappa shape index (κ1) is 23.1. The van der Waals surface area contributed by atoms with E-state index in [2.05, 4.69) is 0 Å². The first-order valence-corrected chi connectivity index (χ1v) is 10.9. The van der Waals surface area contributed by atoms with Gasteiger partial charge >= 0.3 is 0 Å². The molecule has 0 atom stereocenters. The summed E-state index contributed by atoms with van der Waals surface area (Å²) >= 11 is 0. The highest BCUT2D eigenvalue weighted by Gasteiger charge is 2.23. The molecule has 0 unspecified atom stereocenters. The highest BCUT2D eigenvalue weighted by Crippen LogP contribution is 2.33. The van der Waals surface area contributed by atoms with Gasteiger partial charge in [0.25, 0.3) is 0 Å². The molecule has 1 aliphatic heterocycles. The highest BCUT2D eigenvalue weighted by molar-refractivity contribution is 5.71. The van der Waals surface area contributed by atoms with E-state index >= 15 is 0 Å². The van der Waals surface area contributed by atoms with E-state index < -0.39 is 23.7 Å². The van der Waals surface area contributed by atoms with E-state index in [0.717, 1.165) is 0 Å². The van der Waals surface area contributed by atoms with Crippen molar-refractivity contribution in [1.82, 2.24) is 0 Å². The third-order valence-electron chi connectivity index (χ3n) is 5.51. The Bertz CT molecular complexity index is 1130. The van der Waals surface area contributed by atoms with Gasteiger partial charge in [0.15, 0.2) is 17.9 Å². The monoisotopic (exact) mass is 454 g/mol. The average molecular weight is 454 g/mol. The van der Waals surface area contributed by atoms with Gasteiger partial charge in [-0.1, -0.05) is 48.6 Å². The zero-order valence-electron chi connectivity index (χ0n) is 18.5. The third-order valence-corrected chi connectivity index (χ3v) is 5.51. The number of hydrogen-bond acceptors (Lipinski definition) is 3. The van der Waals surface area contributed by atoms with Gasteiger partial charge in [-0.05, 0) is 43.2 Å². The Kier molecular flexibility index (Phi) is 7.16. The molecule has 1 aliphatic rings. The van der Waals surface area contributed by atoms with Crippen molar-refractivity contribution in [2.75, 3.05) is 19.8 Å². The number of halogens is 3. The van der Waals surface area contributed by atoms with Crippen molar-refractivity contribution >= 4 is 0 Å².